The Labute approximate surface area is 107 Å². The molecule has 0 aliphatic rings. The summed E-state index contributed by atoms with van der Waals surface area (Å²) in [7, 11) is 0. The van der Waals surface area contributed by atoms with Crippen LogP contribution in [0.1, 0.15) is 20.8 Å². The average Bonchev–Trinajstić information content (AvgIpc) is 2.17. The van der Waals surface area contributed by atoms with Gasteiger partial charge in [0.05, 0.1) is 0 Å². The van der Waals surface area contributed by atoms with Gasteiger partial charge in [-0.1, -0.05) is 0 Å². The van der Waals surface area contributed by atoms with Crippen molar-refractivity contribution in [1.29, 1.82) is 0 Å². The Bertz CT molecular complexity index is 316. The van der Waals surface area contributed by atoms with Gasteiger partial charge in [0.15, 0.2) is 0 Å². The molecule has 0 spiro atoms. The van der Waals surface area contributed by atoms with Gasteiger partial charge in [0.2, 0.25) is 0 Å². The van der Waals surface area contributed by atoms with Crippen LogP contribution in [0.2, 0.25) is 0 Å². The molecule has 0 radical (unpaired) electrons. The molecule has 0 bridgehead atoms. The second-order valence-corrected chi connectivity index (χ2v) is 5.41. The zero-order valence-electron chi connectivity index (χ0n) is 8.53. The molecule has 0 saturated carbocycles. The topological polar surface area (TPSA) is 21.6 Å². The number of ether oxygens (including phenoxy) is 1. The number of hydrogen-bond donors (Lipinski definition) is 0. The molecule has 0 aliphatic heterocycles. The molecule has 4 heteroatoms. The van der Waals surface area contributed by atoms with Gasteiger partial charge in [0.25, 0.3) is 0 Å². The van der Waals surface area contributed by atoms with Gasteiger partial charge in [0.1, 0.15) is 0 Å². The van der Waals surface area contributed by atoms with Gasteiger partial charge in [-0.15, -0.1) is 0 Å². The van der Waals surface area contributed by atoms with Crippen LogP contribution >= 0.6 is 0 Å². The van der Waals surface area contributed by atoms with E-state index in [9.17, 15) is 0 Å². The fraction of sp³-hybridized carbons (Fsp3) is 0.300. The summed E-state index contributed by atoms with van der Waals surface area (Å²) in [6.45, 7) is 9.66. The van der Waals surface area contributed by atoms with Crippen molar-refractivity contribution in [2.24, 2.45) is 3.50 Å². The van der Waals surface area contributed by atoms with E-state index in [0.717, 1.165) is 11.5 Å². The van der Waals surface area contributed by atoms with Crippen LogP contribution < -0.4 is 0 Å². The quantitative estimate of drug-likeness (QED) is 0.396. The second-order valence-electron chi connectivity index (χ2n) is 2.56. The van der Waals surface area contributed by atoms with Crippen LogP contribution in [-0.2, 0) is 43.7 Å². The van der Waals surface area contributed by atoms with Crippen molar-refractivity contribution in [2.45, 2.75) is 20.8 Å². The Morgan fingerprint density at radius 2 is 2.00 bits per heavy atom. The number of allylic oxidation sites excluding steroid dienone is 2. The zero-order valence-corrected chi connectivity index (χ0v) is 14.4. The van der Waals surface area contributed by atoms with Gasteiger partial charge in [0, 0.05) is 0 Å². The number of rotatable bonds is 5. The summed E-state index contributed by atoms with van der Waals surface area (Å²) < 4.78 is 10.9. The van der Waals surface area contributed by atoms with Gasteiger partial charge >= 0.3 is 108 Å². The maximum absolute atomic E-state index is 5.30. The second kappa shape index (κ2) is 7.37. The molecule has 0 unspecified atom stereocenters. The molecule has 0 aromatic rings. The Hall–Kier alpha value is 0.0666. The summed E-state index contributed by atoms with van der Waals surface area (Å²) in [5, 5.41) is 0. The number of nitrogens with zero attached hydrogens (tertiary/aromatic N) is 1. The average molecular weight is 531 g/mol. The van der Waals surface area contributed by atoms with E-state index in [4.69, 9.17) is 4.74 Å². The maximum atomic E-state index is 5.30. The van der Waals surface area contributed by atoms with E-state index < -0.39 is 0 Å². The van der Waals surface area contributed by atoms with E-state index in [1.54, 1.807) is 0 Å². The summed E-state index contributed by atoms with van der Waals surface area (Å²) in [6, 6.07) is 0. The molecule has 76 valence electrons. The minimum atomic E-state index is 0.785. The molecule has 0 aromatic heterocycles. The molecule has 0 aromatic carbocycles. The van der Waals surface area contributed by atoms with E-state index in [2.05, 4.69) is 23.9 Å². The van der Waals surface area contributed by atoms with Crippen LogP contribution in [0.3, 0.4) is 0 Å². The first kappa shape index (κ1) is 14.1. The SMILES string of the molecule is C=COC(=CC)C([N]=[W])=C(C)[C](C)=[W]. The molecule has 14 heavy (non-hydrogen) atoms. The van der Waals surface area contributed by atoms with Crippen molar-refractivity contribution in [3.05, 3.63) is 35.9 Å². The van der Waals surface area contributed by atoms with E-state index in [1.807, 2.05) is 13.0 Å². The molecule has 2 nitrogen and oxygen atoms in total. The van der Waals surface area contributed by atoms with E-state index in [-0.39, 0.29) is 0 Å². The monoisotopic (exact) mass is 531 g/mol. The third-order valence-corrected chi connectivity index (χ3v) is 3.44. The summed E-state index contributed by atoms with van der Waals surface area (Å²) >= 11 is 2.64. The predicted octanol–water partition coefficient (Wildman–Crippen LogP) is 2.79. The van der Waals surface area contributed by atoms with E-state index in [0.29, 0.717) is 0 Å². The van der Waals surface area contributed by atoms with Gasteiger partial charge in [-0.05, 0) is 0 Å². The van der Waals surface area contributed by atoms with Crippen molar-refractivity contribution >= 4 is 3.90 Å². The first-order chi connectivity index (χ1) is 6.58. The van der Waals surface area contributed by atoms with Crippen molar-refractivity contribution < 1.29 is 43.7 Å². The summed E-state index contributed by atoms with van der Waals surface area (Å²) in [5.41, 5.74) is 2.14. The van der Waals surface area contributed by atoms with Crippen LogP contribution in [0.25, 0.3) is 0 Å². The van der Waals surface area contributed by atoms with Crippen LogP contribution in [0.5, 0.6) is 0 Å². The first-order valence-electron chi connectivity index (χ1n) is 4.07. The molecule has 0 amide bonds. The van der Waals surface area contributed by atoms with Crippen molar-refractivity contribution in [3.8, 4) is 0 Å². The van der Waals surface area contributed by atoms with E-state index >= 15 is 0 Å². The van der Waals surface area contributed by atoms with Crippen LogP contribution in [0.15, 0.2) is 39.4 Å². The number of hydrogen-bond acceptors (Lipinski definition) is 2. The Balaban J connectivity index is 5.24. The standard InChI is InChI=1S/C10H13NO.2W/c1-5-8(4)10(11)9(6-2)12-7-3;;/h6-7H,3H2,1-2,4H3;;. The van der Waals surface area contributed by atoms with Gasteiger partial charge in [-0.25, -0.2) is 0 Å². The molecule has 0 aliphatic carbocycles. The van der Waals surface area contributed by atoms with Gasteiger partial charge in [-0.2, -0.15) is 0 Å². The summed E-state index contributed by atoms with van der Waals surface area (Å²) in [5.74, 6) is 0.785. The molecular weight excluding hydrogens is 518 g/mol. The Kier molecular flexibility index (Phi) is 7.41. The Morgan fingerprint density at radius 1 is 1.43 bits per heavy atom. The van der Waals surface area contributed by atoms with Crippen molar-refractivity contribution in [2.75, 3.05) is 0 Å². The van der Waals surface area contributed by atoms with Crippen molar-refractivity contribution in [3.63, 3.8) is 0 Å². The van der Waals surface area contributed by atoms with Crippen LogP contribution in [0, 0.1) is 0 Å². The summed E-state index contributed by atoms with van der Waals surface area (Å²) in [6.07, 6.45) is 3.34. The molecular formula is C10H13NOW2. The van der Waals surface area contributed by atoms with Gasteiger partial charge in [-0.3, -0.25) is 0 Å². The van der Waals surface area contributed by atoms with Crippen LogP contribution in [-0.4, -0.2) is 3.90 Å². The fourth-order valence-electron chi connectivity index (χ4n) is 0.815. The molecule has 0 N–H and O–H groups in total. The normalized spacial score (nSPS) is 12.9. The third-order valence-electron chi connectivity index (χ3n) is 1.68. The minimum absolute atomic E-state index is 0.785. The van der Waals surface area contributed by atoms with Crippen LogP contribution in [0.4, 0.5) is 0 Å². The third kappa shape index (κ3) is 4.07. The molecule has 0 fully saturated rings. The predicted molar refractivity (Wildman–Crippen MR) is 50.8 cm³/mol. The van der Waals surface area contributed by atoms with Gasteiger partial charge < -0.3 is 0 Å². The molecule has 0 atom stereocenters. The van der Waals surface area contributed by atoms with E-state index in [1.165, 1.54) is 54.7 Å². The zero-order chi connectivity index (χ0) is 11.1. The summed E-state index contributed by atoms with van der Waals surface area (Å²) in [4.78, 5) is 0. The molecule has 0 rings (SSSR count). The first-order valence-corrected chi connectivity index (χ1v) is 6.85. The molecule has 0 saturated heterocycles. The fourth-order valence-corrected chi connectivity index (χ4v) is 1.98. The molecule has 0 heterocycles. The van der Waals surface area contributed by atoms with Crippen molar-refractivity contribution in [1.82, 2.24) is 0 Å². The Morgan fingerprint density at radius 3 is 2.29 bits per heavy atom.